The van der Waals surface area contributed by atoms with Crippen LogP contribution in [0.4, 0.5) is 5.69 Å². The van der Waals surface area contributed by atoms with Gasteiger partial charge >= 0.3 is 5.97 Å². The predicted molar refractivity (Wildman–Crippen MR) is 103 cm³/mol. The van der Waals surface area contributed by atoms with Gasteiger partial charge in [0.25, 0.3) is 5.91 Å². The number of aromatic nitrogens is 1. The van der Waals surface area contributed by atoms with Crippen LogP contribution in [0.15, 0.2) is 53.9 Å². The second kappa shape index (κ2) is 8.12. The zero-order chi connectivity index (χ0) is 18.5. The fourth-order valence-corrected chi connectivity index (χ4v) is 3.13. The van der Waals surface area contributed by atoms with Gasteiger partial charge in [-0.3, -0.25) is 4.79 Å². The standard InChI is InChI=1S/C19H15ClN2O3S/c1-12-6-8-13(9-7-12)18-22-16(11-26-18)19(24)25-10-17(23)21-15-5-3-2-4-14(15)20/h2-9,11H,10H2,1H3,(H,21,23). The van der Waals surface area contributed by atoms with Crippen molar-refractivity contribution in [3.05, 3.63) is 70.2 Å². The summed E-state index contributed by atoms with van der Waals surface area (Å²) in [7, 11) is 0. The highest BCUT2D eigenvalue weighted by Crippen LogP contribution is 2.24. The summed E-state index contributed by atoms with van der Waals surface area (Å²) in [5, 5.41) is 5.33. The minimum Gasteiger partial charge on any atom is -0.451 e. The molecular weight excluding hydrogens is 372 g/mol. The molecule has 1 aromatic heterocycles. The molecule has 0 saturated heterocycles. The molecule has 5 nitrogen and oxygen atoms in total. The van der Waals surface area contributed by atoms with Crippen LogP contribution in [0, 0.1) is 6.92 Å². The first kappa shape index (κ1) is 18.1. The maximum absolute atomic E-state index is 12.1. The van der Waals surface area contributed by atoms with Crippen molar-refractivity contribution in [2.24, 2.45) is 0 Å². The van der Waals surface area contributed by atoms with Gasteiger partial charge in [-0.1, -0.05) is 53.6 Å². The number of thiazole rings is 1. The number of para-hydroxylation sites is 1. The summed E-state index contributed by atoms with van der Waals surface area (Å²) in [5.74, 6) is -1.12. The zero-order valence-electron chi connectivity index (χ0n) is 13.9. The Morgan fingerprint density at radius 1 is 1.15 bits per heavy atom. The molecule has 0 aliphatic rings. The van der Waals surface area contributed by atoms with Gasteiger partial charge in [-0.15, -0.1) is 11.3 Å². The third-order valence-corrected chi connectivity index (χ3v) is 4.72. The van der Waals surface area contributed by atoms with Crippen molar-refractivity contribution in [3.8, 4) is 10.6 Å². The van der Waals surface area contributed by atoms with Gasteiger partial charge in [0.1, 0.15) is 5.01 Å². The number of rotatable bonds is 5. The van der Waals surface area contributed by atoms with E-state index in [9.17, 15) is 9.59 Å². The molecule has 1 heterocycles. The van der Waals surface area contributed by atoms with Gasteiger partial charge in [0, 0.05) is 10.9 Å². The van der Waals surface area contributed by atoms with Crippen LogP contribution in [0.2, 0.25) is 5.02 Å². The third-order valence-electron chi connectivity index (χ3n) is 3.49. The molecule has 0 radical (unpaired) electrons. The number of ether oxygens (including phenoxy) is 1. The van der Waals surface area contributed by atoms with Crippen molar-refractivity contribution in [1.29, 1.82) is 0 Å². The van der Waals surface area contributed by atoms with E-state index in [4.69, 9.17) is 16.3 Å². The molecule has 0 bridgehead atoms. The van der Waals surface area contributed by atoms with Crippen molar-refractivity contribution in [2.75, 3.05) is 11.9 Å². The molecule has 0 atom stereocenters. The lowest BCUT2D eigenvalue weighted by Crippen LogP contribution is -2.21. The van der Waals surface area contributed by atoms with Crippen molar-refractivity contribution in [2.45, 2.75) is 6.92 Å². The first-order valence-corrected chi connectivity index (χ1v) is 9.03. The quantitative estimate of drug-likeness (QED) is 0.652. The first-order chi connectivity index (χ1) is 12.5. The molecule has 0 spiro atoms. The van der Waals surface area contributed by atoms with E-state index in [0.717, 1.165) is 16.1 Å². The molecular formula is C19H15ClN2O3S. The van der Waals surface area contributed by atoms with Gasteiger partial charge < -0.3 is 10.1 Å². The number of carbonyl (C=O) groups excluding carboxylic acids is 2. The maximum atomic E-state index is 12.1. The predicted octanol–water partition coefficient (Wildman–Crippen LogP) is 4.57. The lowest BCUT2D eigenvalue weighted by Gasteiger charge is -2.07. The van der Waals surface area contributed by atoms with E-state index >= 15 is 0 Å². The van der Waals surface area contributed by atoms with Crippen molar-refractivity contribution >= 4 is 40.5 Å². The average Bonchev–Trinajstić information content (AvgIpc) is 3.12. The second-order valence-corrected chi connectivity index (χ2v) is 6.77. The molecule has 2 aromatic carbocycles. The van der Waals surface area contributed by atoms with Crippen LogP contribution >= 0.6 is 22.9 Å². The largest absolute Gasteiger partial charge is 0.451 e. The summed E-state index contributed by atoms with van der Waals surface area (Å²) < 4.78 is 5.02. The monoisotopic (exact) mass is 386 g/mol. The fraction of sp³-hybridized carbons (Fsp3) is 0.105. The summed E-state index contributed by atoms with van der Waals surface area (Å²) in [6, 6.07) is 14.7. The molecule has 1 amide bonds. The molecule has 1 N–H and O–H groups in total. The van der Waals surface area contributed by atoms with Crippen LogP contribution in [0.3, 0.4) is 0 Å². The van der Waals surface area contributed by atoms with Crippen LogP contribution in [-0.2, 0) is 9.53 Å². The molecule has 3 aromatic rings. The summed E-state index contributed by atoms with van der Waals surface area (Å²) in [5.41, 5.74) is 2.72. The molecule has 132 valence electrons. The van der Waals surface area contributed by atoms with E-state index in [1.54, 1.807) is 29.6 Å². The number of hydrogen-bond donors (Lipinski definition) is 1. The molecule has 0 aliphatic carbocycles. The fourth-order valence-electron chi connectivity index (χ4n) is 2.15. The van der Waals surface area contributed by atoms with Crippen molar-refractivity contribution in [1.82, 2.24) is 4.98 Å². The molecule has 3 rings (SSSR count). The third kappa shape index (κ3) is 4.47. The van der Waals surface area contributed by atoms with E-state index in [1.165, 1.54) is 11.3 Å². The number of hydrogen-bond acceptors (Lipinski definition) is 5. The van der Waals surface area contributed by atoms with E-state index in [-0.39, 0.29) is 5.69 Å². The second-order valence-electron chi connectivity index (χ2n) is 5.51. The molecule has 0 saturated carbocycles. The van der Waals surface area contributed by atoms with Gasteiger partial charge in [0.15, 0.2) is 12.3 Å². The minimum absolute atomic E-state index is 0.177. The summed E-state index contributed by atoms with van der Waals surface area (Å²) in [6.45, 7) is 1.59. The average molecular weight is 387 g/mol. The van der Waals surface area contributed by atoms with E-state index in [0.29, 0.717) is 10.7 Å². The number of amides is 1. The Hall–Kier alpha value is -2.70. The highest BCUT2D eigenvalue weighted by Gasteiger charge is 2.15. The van der Waals surface area contributed by atoms with Crippen LogP contribution in [-0.4, -0.2) is 23.5 Å². The van der Waals surface area contributed by atoms with Crippen LogP contribution < -0.4 is 5.32 Å². The Labute approximate surface area is 159 Å². The van der Waals surface area contributed by atoms with Gasteiger partial charge in [-0.05, 0) is 19.1 Å². The smallest absolute Gasteiger partial charge is 0.358 e. The van der Waals surface area contributed by atoms with Gasteiger partial charge in [-0.25, -0.2) is 9.78 Å². The molecule has 0 unspecified atom stereocenters. The van der Waals surface area contributed by atoms with Crippen molar-refractivity contribution < 1.29 is 14.3 Å². The molecule has 0 fully saturated rings. The Morgan fingerprint density at radius 2 is 1.88 bits per heavy atom. The highest BCUT2D eigenvalue weighted by atomic mass is 35.5. The molecule has 26 heavy (non-hydrogen) atoms. The van der Waals surface area contributed by atoms with E-state index < -0.39 is 18.5 Å². The summed E-state index contributed by atoms with van der Waals surface area (Å²) in [6.07, 6.45) is 0. The number of carbonyl (C=O) groups is 2. The SMILES string of the molecule is Cc1ccc(-c2nc(C(=O)OCC(=O)Nc3ccccc3Cl)cs2)cc1. The Kier molecular flexibility index (Phi) is 5.65. The highest BCUT2D eigenvalue weighted by molar-refractivity contribution is 7.13. The minimum atomic E-state index is -0.645. The van der Waals surface area contributed by atoms with Gasteiger partial charge in [0.05, 0.1) is 10.7 Å². The summed E-state index contributed by atoms with van der Waals surface area (Å²) >= 11 is 7.31. The van der Waals surface area contributed by atoms with Gasteiger partial charge in [-0.2, -0.15) is 0 Å². The van der Waals surface area contributed by atoms with Crippen molar-refractivity contribution in [3.63, 3.8) is 0 Å². The normalized spacial score (nSPS) is 10.4. The zero-order valence-corrected chi connectivity index (χ0v) is 15.4. The number of anilines is 1. The Balaban J connectivity index is 1.58. The summed E-state index contributed by atoms with van der Waals surface area (Å²) in [4.78, 5) is 28.3. The number of benzene rings is 2. The van der Waals surface area contributed by atoms with Gasteiger partial charge in [0.2, 0.25) is 0 Å². The number of esters is 1. The number of aryl methyl sites for hydroxylation is 1. The number of halogens is 1. The van der Waals surface area contributed by atoms with E-state index in [2.05, 4.69) is 10.3 Å². The lowest BCUT2D eigenvalue weighted by molar-refractivity contribution is -0.119. The van der Waals surface area contributed by atoms with Crippen LogP contribution in [0.25, 0.3) is 10.6 Å². The number of nitrogens with one attached hydrogen (secondary N) is 1. The molecule has 7 heteroatoms. The topological polar surface area (TPSA) is 68.3 Å². The number of nitrogens with zero attached hydrogens (tertiary/aromatic N) is 1. The van der Waals surface area contributed by atoms with Crippen LogP contribution in [0.5, 0.6) is 0 Å². The van der Waals surface area contributed by atoms with Crippen LogP contribution in [0.1, 0.15) is 16.1 Å². The maximum Gasteiger partial charge on any atom is 0.358 e. The molecule has 0 aliphatic heterocycles. The Morgan fingerprint density at radius 3 is 2.62 bits per heavy atom. The Bertz CT molecular complexity index is 938. The van der Waals surface area contributed by atoms with E-state index in [1.807, 2.05) is 31.2 Å². The first-order valence-electron chi connectivity index (χ1n) is 7.77. The lowest BCUT2D eigenvalue weighted by atomic mass is 10.2.